The summed E-state index contributed by atoms with van der Waals surface area (Å²) in [5.41, 5.74) is 8.62. The fraction of sp³-hybridized carbons (Fsp3) is 0.650. The molecule has 1 aliphatic heterocycles. The zero-order chi connectivity index (χ0) is 17.6. The number of morpholine rings is 1. The fourth-order valence-electron chi connectivity index (χ4n) is 3.69. The van der Waals surface area contributed by atoms with E-state index < -0.39 is 0 Å². The summed E-state index contributed by atoms with van der Waals surface area (Å²) in [6.07, 6.45) is 4.58. The van der Waals surface area contributed by atoms with Gasteiger partial charge in [0.2, 0.25) is 0 Å². The van der Waals surface area contributed by atoms with Gasteiger partial charge in [-0.3, -0.25) is 4.90 Å². The van der Waals surface area contributed by atoms with Crippen LogP contribution in [0, 0.1) is 5.92 Å². The molecule has 0 bridgehead atoms. The van der Waals surface area contributed by atoms with E-state index in [1.54, 1.807) is 0 Å². The zero-order valence-electron chi connectivity index (χ0n) is 15.6. The summed E-state index contributed by atoms with van der Waals surface area (Å²) in [6, 6.07) is 8.55. The number of nitrogens with one attached hydrogen (secondary N) is 1. The third-order valence-electron chi connectivity index (χ3n) is 5.22. The second-order valence-electron chi connectivity index (χ2n) is 7.60. The summed E-state index contributed by atoms with van der Waals surface area (Å²) in [4.78, 5) is 7.02. The Labute approximate surface area is 151 Å². The van der Waals surface area contributed by atoms with Gasteiger partial charge in [0, 0.05) is 26.2 Å². The van der Waals surface area contributed by atoms with Crippen LogP contribution >= 0.6 is 0 Å². The number of hydrogen-bond acceptors (Lipinski definition) is 3. The Morgan fingerprint density at radius 3 is 2.52 bits per heavy atom. The molecule has 1 aliphatic carbocycles. The molecule has 1 heterocycles. The van der Waals surface area contributed by atoms with Crippen molar-refractivity contribution < 1.29 is 4.74 Å². The molecule has 3 N–H and O–H groups in total. The Bertz CT molecular complexity index is 575. The second kappa shape index (κ2) is 8.68. The van der Waals surface area contributed by atoms with E-state index in [1.807, 2.05) is 0 Å². The maximum Gasteiger partial charge on any atom is 0.188 e. The summed E-state index contributed by atoms with van der Waals surface area (Å²) in [5.74, 6) is 1.35. The van der Waals surface area contributed by atoms with Gasteiger partial charge in [-0.2, -0.15) is 0 Å². The van der Waals surface area contributed by atoms with Crippen LogP contribution in [0.5, 0.6) is 0 Å². The van der Waals surface area contributed by atoms with Gasteiger partial charge in [0.25, 0.3) is 0 Å². The smallest absolute Gasteiger partial charge is 0.188 e. The van der Waals surface area contributed by atoms with Crippen LogP contribution in [-0.4, -0.2) is 42.7 Å². The Morgan fingerprint density at radius 2 is 1.88 bits per heavy atom. The Morgan fingerprint density at radius 1 is 1.20 bits per heavy atom. The molecule has 2 unspecified atom stereocenters. The van der Waals surface area contributed by atoms with Crippen LogP contribution in [0.1, 0.15) is 44.2 Å². The molecule has 5 heteroatoms. The highest BCUT2D eigenvalue weighted by Crippen LogP contribution is 2.25. The topological polar surface area (TPSA) is 62.9 Å². The first kappa shape index (κ1) is 18.2. The van der Waals surface area contributed by atoms with Crippen molar-refractivity contribution in [2.75, 3.05) is 19.6 Å². The molecule has 0 aromatic heterocycles. The highest BCUT2D eigenvalue weighted by atomic mass is 16.5. The normalized spacial score (nSPS) is 25.6. The molecule has 1 saturated heterocycles. The Balaban J connectivity index is 1.56. The summed E-state index contributed by atoms with van der Waals surface area (Å²) in [7, 11) is 0. The zero-order valence-corrected chi connectivity index (χ0v) is 15.6. The summed E-state index contributed by atoms with van der Waals surface area (Å²) in [5, 5.41) is 3.27. The maximum atomic E-state index is 6.03. The lowest BCUT2D eigenvalue weighted by molar-refractivity contribution is -0.0705. The Kier molecular flexibility index (Phi) is 6.32. The standard InChI is InChI=1S/C20H32N4O/c1-15-12-24(13-16(2)25-15)14-19-9-4-3-8-18(19)11-23-20(21)22-10-17-6-5-7-17/h3-4,8-9,15-17H,5-7,10-14H2,1-2H3,(H3,21,22,23). The number of benzene rings is 1. The quantitative estimate of drug-likeness (QED) is 0.615. The molecule has 0 radical (unpaired) electrons. The summed E-state index contributed by atoms with van der Waals surface area (Å²) in [6.45, 7) is 8.79. The molecular formula is C20H32N4O. The fourth-order valence-corrected chi connectivity index (χ4v) is 3.69. The summed E-state index contributed by atoms with van der Waals surface area (Å²) < 4.78 is 5.84. The predicted molar refractivity (Wildman–Crippen MR) is 102 cm³/mol. The van der Waals surface area contributed by atoms with Gasteiger partial charge in [-0.15, -0.1) is 0 Å². The molecule has 2 fully saturated rings. The molecule has 138 valence electrons. The molecule has 2 atom stereocenters. The van der Waals surface area contributed by atoms with Crippen molar-refractivity contribution in [2.24, 2.45) is 16.6 Å². The number of hydrogen-bond donors (Lipinski definition) is 2. The number of nitrogens with two attached hydrogens (primary N) is 1. The van der Waals surface area contributed by atoms with Crippen molar-refractivity contribution in [1.29, 1.82) is 0 Å². The van der Waals surface area contributed by atoms with E-state index in [9.17, 15) is 0 Å². The van der Waals surface area contributed by atoms with Crippen molar-refractivity contribution in [3.05, 3.63) is 35.4 Å². The van der Waals surface area contributed by atoms with E-state index in [4.69, 9.17) is 10.5 Å². The van der Waals surface area contributed by atoms with Crippen LogP contribution in [0.2, 0.25) is 0 Å². The lowest BCUT2D eigenvalue weighted by atomic mass is 9.85. The van der Waals surface area contributed by atoms with Gasteiger partial charge >= 0.3 is 0 Å². The van der Waals surface area contributed by atoms with Crippen LogP contribution in [0.15, 0.2) is 29.3 Å². The van der Waals surface area contributed by atoms with Crippen LogP contribution in [-0.2, 0) is 17.8 Å². The van der Waals surface area contributed by atoms with Crippen molar-refractivity contribution in [2.45, 2.75) is 58.4 Å². The first-order chi connectivity index (χ1) is 12.1. The maximum absolute atomic E-state index is 6.03. The first-order valence-corrected chi connectivity index (χ1v) is 9.58. The minimum Gasteiger partial charge on any atom is -0.373 e. The molecule has 1 aromatic carbocycles. The average Bonchev–Trinajstić information content (AvgIpc) is 2.51. The second-order valence-corrected chi connectivity index (χ2v) is 7.60. The molecule has 2 aliphatic rings. The number of rotatable bonds is 6. The lowest BCUT2D eigenvalue weighted by Gasteiger charge is -2.35. The number of ether oxygens (including phenoxy) is 1. The number of nitrogens with zero attached hydrogens (tertiary/aromatic N) is 2. The molecular weight excluding hydrogens is 312 g/mol. The monoisotopic (exact) mass is 344 g/mol. The highest BCUT2D eigenvalue weighted by Gasteiger charge is 2.22. The van der Waals surface area contributed by atoms with Gasteiger partial charge in [-0.05, 0) is 43.7 Å². The summed E-state index contributed by atoms with van der Waals surface area (Å²) >= 11 is 0. The minimum atomic E-state index is 0.292. The molecule has 1 aromatic rings. The van der Waals surface area contributed by atoms with Gasteiger partial charge in [0.05, 0.1) is 18.8 Å². The predicted octanol–water partition coefficient (Wildman–Crippen LogP) is 2.50. The van der Waals surface area contributed by atoms with E-state index in [0.717, 1.165) is 32.1 Å². The molecule has 1 saturated carbocycles. The lowest BCUT2D eigenvalue weighted by Crippen LogP contribution is -2.44. The largest absolute Gasteiger partial charge is 0.373 e. The number of aliphatic imine (C=N–C) groups is 1. The van der Waals surface area contributed by atoms with Gasteiger partial charge < -0.3 is 15.8 Å². The van der Waals surface area contributed by atoms with Gasteiger partial charge in [0.15, 0.2) is 5.96 Å². The first-order valence-electron chi connectivity index (χ1n) is 9.58. The van der Waals surface area contributed by atoms with Crippen molar-refractivity contribution in [1.82, 2.24) is 10.2 Å². The third kappa shape index (κ3) is 5.44. The van der Waals surface area contributed by atoms with E-state index >= 15 is 0 Å². The van der Waals surface area contributed by atoms with Gasteiger partial charge in [-0.1, -0.05) is 30.7 Å². The van der Waals surface area contributed by atoms with Crippen LogP contribution in [0.3, 0.4) is 0 Å². The van der Waals surface area contributed by atoms with Crippen LogP contribution in [0.25, 0.3) is 0 Å². The minimum absolute atomic E-state index is 0.292. The Hall–Kier alpha value is -1.59. The van der Waals surface area contributed by atoms with E-state index in [1.165, 1.54) is 30.4 Å². The molecule has 0 spiro atoms. The van der Waals surface area contributed by atoms with Crippen molar-refractivity contribution in [3.8, 4) is 0 Å². The average molecular weight is 345 g/mol. The van der Waals surface area contributed by atoms with Crippen LogP contribution < -0.4 is 11.1 Å². The van der Waals surface area contributed by atoms with E-state index in [2.05, 4.69) is 53.3 Å². The van der Waals surface area contributed by atoms with Gasteiger partial charge in [-0.25, -0.2) is 4.99 Å². The van der Waals surface area contributed by atoms with Gasteiger partial charge in [0.1, 0.15) is 0 Å². The SMILES string of the molecule is CC1CN(Cc2ccccc2CN=C(N)NCC2CCC2)CC(C)O1. The number of guanidine groups is 1. The van der Waals surface area contributed by atoms with Crippen molar-refractivity contribution in [3.63, 3.8) is 0 Å². The van der Waals surface area contributed by atoms with E-state index in [-0.39, 0.29) is 0 Å². The molecule has 5 nitrogen and oxygen atoms in total. The van der Waals surface area contributed by atoms with E-state index in [0.29, 0.717) is 24.7 Å². The third-order valence-corrected chi connectivity index (χ3v) is 5.22. The van der Waals surface area contributed by atoms with Crippen LogP contribution in [0.4, 0.5) is 0 Å². The molecule has 0 amide bonds. The highest BCUT2D eigenvalue weighted by molar-refractivity contribution is 5.77. The van der Waals surface area contributed by atoms with Crippen molar-refractivity contribution >= 4 is 5.96 Å². The molecule has 25 heavy (non-hydrogen) atoms. The molecule has 3 rings (SSSR count).